The van der Waals surface area contributed by atoms with E-state index in [1.807, 2.05) is 0 Å². The number of hydrogen-bond acceptors (Lipinski definition) is 6. The number of carbonyl (C=O) groups is 1. The molecule has 82 valence electrons. The molecule has 0 spiro atoms. The Hall–Kier alpha value is -1.76. The van der Waals surface area contributed by atoms with Gasteiger partial charge in [0.2, 0.25) is 5.16 Å². The molecule has 0 bridgehead atoms. The maximum Gasteiger partial charge on any atom is 0.215 e. The maximum absolute atomic E-state index is 11.2. The molecular weight excluding hydrogens is 226 g/mol. The van der Waals surface area contributed by atoms with Crippen LogP contribution in [0.5, 0.6) is 0 Å². The van der Waals surface area contributed by atoms with Gasteiger partial charge in [0.15, 0.2) is 5.78 Å². The standard InChI is InChI=1S/C9H9N5OS/c1-6(15)7-3-4-10-8(5-7)16-9-11-12-13-14(9)2/h3-5H,1-2H3. The minimum absolute atomic E-state index is 0.0142. The molecule has 16 heavy (non-hydrogen) atoms. The third kappa shape index (κ3) is 2.25. The normalized spacial score (nSPS) is 10.4. The van der Waals surface area contributed by atoms with Crippen molar-refractivity contribution in [3.05, 3.63) is 23.9 Å². The quantitative estimate of drug-likeness (QED) is 0.738. The highest BCUT2D eigenvalue weighted by atomic mass is 32.2. The minimum atomic E-state index is 0.0142. The number of rotatable bonds is 3. The Labute approximate surface area is 96.1 Å². The van der Waals surface area contributed by atoms with E-state index >= 15 is 0 Å². The molecule has 2 rings (SSSR count). The van der Waals surface area contributed by atoms with Crippen LogP contribution in [0, 0.1) is 0 Å². The fourth-order valence-electron chi connectivity index (χ4n) is 1.09. The first kappa shape index (κ1) is 10.7. The lowest BCUT2D eigenvalue weighted by Crippen LogP contribution is -1.95. The highest BCUT2D eigenvalue weighted by Crippen LogP contribution is 2.23. The van der Waals surface area contributed by atoms with Gasteiger partial charge in [-0.2, -0.15) is 0 Å². The number of hydrogen-bond donors (Lipinski definition) is 0. The second-order valence-electron chi connectivity index (χ2n) is 3.13. The van der Waals surface area contributed by atoms with E-state index in [-0.39, 0.29) is 5.78 Å². The van der Waals surface area contributed by atoms with Crippen LogP contribution in [0.3, 0.4) is 0 Å². The second kappa shape index (κ2) is 4.40. The Bertz CT molecular complexity index is 524. The number of aryl methyl sites for hydroxylation is 1. The van der Waals surface area contributed by atoms with E-state index in [4.69, 9.17) is 0 Å². The van der Waals surface area contributed by atoms with Gasteiger partial charge in [-0.1, -0.05) is 0 Å². The van der Waals surface area contributed by atoms with Crippen molar-refractivity contribution in [2.24, 2.45) is 7.05 Å². The van der Waals surface area contributed by atoms with Crippen molar-refractivity contribution >= 4 is 17.5 Å². The summed E-state index contributed by atoms with van der Waals surface area (Å²) in [5, 5.41) is 12.4. The topological polar surface area (TPSA) is 73.6 Å². The van der Waals surface area contributed by atoms with Crippen molar-refractivity contribution in [1.82, 2.24) is 25.2 Å². The molecule has 0 aliphatic carbocycles. The molecule has 0 N–H and O–H groups in total. The smallest absolute Gasteiger partial charge is 0.215 e. The van der Waals surface area contributed by atoms with Crippen molar-refractivity contribution in [3.63, 3.8) is 0 Å². The first-order valence-corrected chi connectivity index (χ1v) is 5.35. The number of nitrogens with zero attached hydrogens (tertiary/aromatic N) is 5. The van der Waals surface area contributed by atoms with Crippen LogP contribution in [-0.2, 0) is 7.05 Å². The fourth-order valence-corrected chi connectivity index (χ4v) is 1.82. The summed E-state index contributed by atoms with van der Waals surface area (Å²) >= 11 is 1.32. The Morgan fingerprint density at radius 3 is 2.94 bits per heavy atom. The highest BCUT2D eigenvalue weighted by molar-refractivity contribution is 7.99. The van der Waals surface area contributed by atoms with Gasteiger partial charge in [0.05, 0.1) is 0 Å². The van der Waals surface area contributed by atoms with Crippen LogP contribution < -0.4 is 0 Å². The van der Waals surface area contributed by atoms with Crippen molar-refractivity contribution in [3.8, 4) is 0 Å². The van der Waals surface area contributed by atoms with Crippen LogP contribution in [0.1, 0.15) is 17.3 Å². The number of tetrazole rings is 1. The molecule has 0 saturated heterocycles. The molecule has 0 unspecified atom stereocenters. The maximum atomic E-state index is 11.2. The monoisotopic (exact) mass is 235 g/mol. The summed E-state index contributed by atoms with van der Waals surface area (Å²) in [6.45, 7) is 1.52. The van der Waals surface area contributed by atoms with Gasteiger partial charge in [0, 0.05) is 18.8 Å². The third-order valence-electron chi connectivity index (χ3n) is 1.92. The third-order valence-corrected chi connectivity index (χ3v) is 2.88. The van der Waals surface area contributed by atoms with Crippen LogP contribution in [0.4, 0.5) is 0 Å². The van der Waals surface area contributed by atoms with Gasteiger partial charge >= 0.3 is 0 Å². The predicted molar refractivity (Wildman–Crippen MR) is 57.2 cm³/mol. The molecule has 6 nitrogen and oxygen atoms in total. The average molecular weight is 235 g/mol. The summed E-state index contributed by atoms with van der Waals surface area (Å²) in [4.78, 5) is 15.3. The second-order valence-corrected chi connectivity index (χ2v) is 4.11. The van der Waals surface area contributed by atoms with E-state index in [1.165, 1.54) is 18.7 Å². The molecule has 2 aromatic heterocycles. The molecule has 2 heterocycles. The van der Waals surface area contributed by atoms with Gasteiger partial charge < -0.3 is 0 Å². The molecule has 0 aliphatic rings. The van der Waals surface area contributed by atoms with Crippen LogP contribution >= 0.6 is 11.8 Å². The summed E-state index contributed by atoms with van der Waals surface area (Å²) in [7, 11) is 1.75. The van der Waals surface area contributed by atoms with Crippen LogP contribution in [0.2, 0.25) is 0 Å². The summed E-state index contributed by atoms with van der Waals surface area (Å²) in [5.74, 6) is 0.0142. The van der Waals surface area contributed by atoms with Crippen LogP contribution in [0.15, 0.2) is 28.5 Å². The first-order chi connectivity index (χ1) is 7.66. The SMILES string of the molecule is CC(=O)c1ccnc(Sc2nnnn2C)c1. The molecule has 0 amide bonds. The fraction of sp³-hybridized carbons (Fsp3) is 0.222. The molecule has 0 radical (unpaired) electrons. The van der Waals surface area contributed by atoms with Gasteiger partial charge in [-0.15, -0.1) is 5.10 Å². The van der Waals surface area contributed by atoms with Gasteiger partial charge in [-0.25, -0.2) is 9.67 Å². The Morgan fingerprint density at radius 2 is 2.31 bits per heavy atom. The van der Waals surface area contributed by atoms with Gasteiger partial charge in [-0.3, -0.25) is 4.79 Å². The summed E-state index contributed by atoms with van der Waals surface area (Å²) in [5.41, 5.74) is 0.632. The lowest BCUT2D eigenvalue weighted by molar-refractivity contribution is 0.101. The van der Waals surface area contributed by atoms with Crippen molar-refractivity contribution in [2.45, 2.75) is 17.1 Å². The van der Waals surface area contributed by atoms with E-state index in [9.17, 15) is 4.79 Å². The van der Waals surface area contributed by atoms with E-state index in [0.717, 1.165) is 0 Å². The molecule has 0 aliphatic heterocycles. The lowest BCUT2D eigenvalue weighted by atomic mass is 10.2. The summed E-state index contributed by atoms with van der Waals surface area (Å²) < 4.78 is 1.55. The van der Waals surface area contributed by atoms with Crippen molar-refractivity contribution in [2.75, 3.05) is 0 Å². The predicted octanol–water partition coefficient (Wildman–Crippen LogP) is 0.959. The molecule has 0 atom stereocenters. The Morgan fingerprint density at radius 1 is 1.50 bits per heavy atom. The largest absolute Gasteiger partial charge is 0.295 e. The zero-order chi connectivity index (χ0) is 11.5. The molecular formula is C9H9N5OS. The molecule has 2 aromatic rings. The van der Waals surface area contributed by atoms with Gasteiger partial charge in [-0.05, 0) is 41.2 Å². The number of carbonyl (C=O) groups excluding carboxylic acids is 1. The molecule has 0 aromatic carbocycles. The molecule has 0 saturated carbocycles. The zero-order valence-corrected chi connectivity index (χ0v) is 9.60. The van der Waals surface area contributed by atoms with Gasteiger partial charge in [0.25, 0.3) is 0 Å². The van der Waals surface area contributed by atoms with Gasteiger partial charge in [0.1, 0.15) is 5.03 Å². The summed E-state index contributed by atoms with van der Waals surface area (Å²) in [6.07, 6.45) is 1.60. The zero-order valence-electron chi connectivity index (χ0n) is 8.78. The van der Waals surface area contributed by atoms with E-state index in [1.54, 1.807) is 30.1 Å². The number of Topliss-reactive ketones (excluding diaryl/α,β-unsaturated/α-hetero) is 1. The average Bonchev–Trinajstić information content (AvgIpc) is 2.65. The van der Waals surface area contributed by atoms with E-state index in [0.29, 0.717) is 15.7 Å². The summed E-state index contributed by atoms with van der Waals surface area (Å²) in [6, 6.07) is 3.41. The number of pyridine rings is 1. The number of ketones is 1. The van der Waals surface area contributed by atoms with Crippen molar-refractivity contribution < 1.29 is 4.79 Å². The van der Waals surface area contributed by atoms with Crippen molar-refractivity contribution in [1.29, 1.82) is 0 Å². The first-order valence-electron chi connectivity index (χ1n) is 4.54. The van der Waals surface area contributed by atoms with E-state index in [2.05, 4.69) is 20.5 Å². The molecule has 7 heteroatoms. The lowest BCUT2D eigenvalue weighted by Gasteiger charge is -2.00. The van der Waals surface area contributed by atoms with Crippen LogP contribution in [-0.4, -0.2) is 31.0 Å². The molecule has 0 fully saturated rings. The van der Waals surface area contributed by atoms with E-state index < -0.39 is 0 Å². The number of aromatic nitrogens is 5. The minimum Gasteiger partial charge on any atom is -0.295 e. The Balaban J connectivity index is 2.25. The Kier molecular flexibility index (Phi) is 2.95. The van der Waals surface area contributed by atoms with Crippen LogP contribution in [0.25, 0.3) is 0 Å². The highest BCUT2D eigenvalue weighted by Gasteiger charge is 2.07.